The van der Waals surface area contributed by atoms with Crippen LogP contribution in [0.2, 0.25) is 0 Å². The monoisotopic (exact) mass is 245 g/mol. The zero-order valence-corrected chi connectivity index (χ0v) is 9.08. The Bertz CT molecular complexity index is 547. The Hall–Kier alpha value is -0.890. The lowest BCUT2D eigenvalue weighted by atomic mass is 10.1. The molecule has 0 radical (unpaired) electrons. The first kappa shape index (κ1) is 7.41. The van der Waals surface area contributed by atoms with Crippen molar-refractivity contribution in [1.29, 1.82) is 0 Å². The Kier molecular flexibility index (Phi) is 1.16. The second kappa shape index (κ2) is 2.19. The Balaban J connectivity index is 2.28. The predicted octanol–water partition coefficient (Wildman–Crippen LogP) is 3.58. The zero-order chi connectivity index (χ0) is 9.28. The van der Waals surface area contributed by atoms with Gasteiger partial charge in [-0.25, -0.2) is 0 Å². The van der Waals surface area contributed by atoms with E-state index in [1.54, 1.807) is 0 Å². The van der Waals surface area contributed by atoms with Crippen LogP contribution in [0.25, 0.3) is 10.9 Å². The average Bonchev–Trinajstić information content (AvgIpc) is 2.93. The molecule has 68 valence electrons. The number of fused-ring (bicyclic) bond motifs is 3. The van der Waals surface area contributed by atoms with Crippen LogP contribution in [0.3, 0.4) is 0 Å². The molecule has 0 saturated heterocycles. The van der Waals surface area contributed by atoms with E-state index < -0.39 is 0 Å². The van der Waals surface area contributed by atoms with Crippen molar-refractivity contribution >= 4 is 26.8 Å². The van der Waals surface area contributed by atoms with Crippen LogP contribution in [-0.2, 0) is 0 Å². The Morgan fingerprint density at radius 2 is 1.93 bits per heavy atom. The molecule has 0 aliphatic heterocycles. The highest BCUT2D eigenvalue weighted by atomic mass is 79.9. The summed E-state index contributed by atoms with van der Waals surface area (Å²) in [7, 11) is 0. The van der Waals surface area contributed by atoms with Crippen molar-refractivity contribution < 1.29 is 0 Å². The maximum Gasteiger partial charge on any atom is 0.0849 e. The van der Waals surface area contributed by atoms with Crippen molar-refractivity contribution in [2.24, 2.45) is 0 Å². The summed E-state index contributed by atoms with van der Waals surface area (Å²) in [5, 5.41) is 1.42. The van der Waals surface area contributed by atoms with Gasteiger partial charge in [-0.1, -0.05) is 6.07 Å². The fourth-order valence-electron chi connectivity index (χ4n) is 2.79. The highest BCUT2D eigenvalue weighted by molar-refractivity contribution is 9.10. The summed E-state index contributed by atoms with van der Waals surface area (Å²) in [4.78, 5) is 4.45. The molecule has 2 atom stereocenters. The molecule has 14 heavy (non-hydrogen) atoms. The molecule has 2 aromatic rings. The number of nitrogens with zero attached hydrogens (tertiary/aromatic N) is 1. The molecule has 0 N–H and O–H groups in total. The average molecular weight is 246 g/mol. The number of aromatic nitrogens is 1. The van der Waals surface area contributed by atoms with E-state index in [0.717, 1.165) is 21.8 Å². The fraction of sp³-hybridized carbons (Fsp3) is 0.250. The van der Waals surface area contributed by atoms with Crippen LogP contribution in [0.1, 0.15) is 29.4 Å². The van der Waals surface area contributed by atoms with Crippen LogP contribution in [0.15, 0.2) is 28.9 Å². The molecule has 1 heterocycles. The standard InChI is InChI=1S/C12H8BrN/c13-10-2-1-6-8-5-9(8)7-3-4-14-12(10)11(6)7/h1-4,8-9H,5H2. The van der Waals surface area contributed by atoms with Crippen LogP contribution >= 0.6 is 15.9 Å². The number of rotatable bonds is 0. The van der Waals surface area contributed by atoms with E-state index in [0.29, 0.717) is 0 Å². The molecule has 0 spiro atoms. The van der Waals surface area contributed by atoms with Gasteiger partial charge in [0.25, 0.3) is 0 Å². The summed E-state index contributed by atoms with van der Waals surface area (Å²) in [5.41, 5.74) is 4.19. The summed E-state index contributed by atoms with van der Waals surface area (Å²) < 4.78 is 1.12. The Morgan fingerprint density at radius 1 is 1.14 bits per heavy atom. The van der Waals surface area contributed by atoms with E-state index in [9.17, 15) is 0 Å². The second-order valence-corrected chi connectivity index (χ2v) is 5.06. The maximum absolute atomic E-state index is 4.45. The molecular weight excluding hydrogens is 238 g/mol. The summed E-state index contributed by atoms with van der Waals surface area (Å²) in [6.07, 6.45) is 3.29. The summed E-state index contributed by atoms with van der Waals surface area (Å²) in [6, 6.07) is 6.58. The highest BCUT2D eigenvalue weighted by Gasteiger charge is 2.46. The topological polar surface area (TPSA) is 12.9 Å². The maximum atomic E-state index is 4.45. The van der Waals surface area contributed by atoms with Gasteiger partial charge in [0.05, 0.1) is 5.52 Å². The van der Waals surface area contributed by atoms with Crippen LogP contribution < -0.4 is 0 Å². The van der Waals surface area contributed by atoms with Crippen LogP contribution in [0.4, 0.5) is 0 Å². The summed E-state index contributed by atoms with van der Waals surface area (Å²) in [6.45, 7) is 0. The molecule has 2 heteroatoms. The van der Waals surface area contributed by atoms with Crippen LogP contribution in [0, 0.1) is 0 Å². The highest BCUT2D eigenvalue weighted by Crippen LogP contribution is 2.63. The number of benzene rings is 1. The van der Waals surface area contributed by atoms with Gasteiger partial charge in [-0.15, -0.1) is 0 Å². The normalized spacial score (nSPS) is 26.6. The van der Waals surface area contributed by atoms with E-state index in [-0.39, 0.29) is 0 Å². The molecule has 0 amide bonds. The molecule has 2 aliphatic rings. The lowest BCUT2D eigenvalue weighted by Gasteiger charge is -2.05. The first-order valence-corrected chi connectivity index (χ1v) is 5.72. The first-order chi connectivity index (χ1) is 6.86. The van der Waals surface area contributed by atoms with Gasteiger partial charge in [-0.2, -0.15) is 0 Å². The molecule has 4 rings (SSSR count). The van der Waals surface area contributed by atoms with E-state index in [2.05, 4.69) is 39.1 Å². The third-order valence-corrected chi connectivity index (χ3v) is 4.14. The number of pyridine rings is 1. The largest absolute Gasteiger partial charge is 0.255 e. The minimum atomic E-state index is 0.810. The zero-order valence-electron chi connectivity index (χ0n) is 7.50. The van der Waals surface area contributed by atoms with Crippen molar-refractivity contribution in [3.63, 3.8) is 0 Å². The van der Waals surface area contributed by atoms with E-state index >= 15 is 0 Å². The van der Waals surface area contributed by atoms with Crippen LogP contribution in [-0.4, -0.2) is 4.98 Å². The van der Waals surface area contributed by atoms with E-state index in [1.165, 1.54) is 22.9 Å². The van der Waals surface area contributed by atoms with E-state index in [1.807, 2.05) is 6.20 Å². The van der Waals surface area contributed by atoms with Crippen molar-refractivity contribution in [2.45, 2.75) is 18.3 Å². The molecule has 1 saturated carbocycles. The second-order valence-electron chi connectivity index (χ2n) is 4.21. The van der Waals surface area contributed by atoms with Gasteiger partial charge in [0, 0.05) is 16.1 Å². The quantitative estimate of drug-likeness (QED) is 0.692. The molecule has 2 unspecified atom stereocenters. The summed E-state index contributed by atoms with van der Waals surface area (Å²) >= 11 is 3.57. The third-order valence-electron chi connectivity index (χ3n) is 3.50. The van der Waals surface area contributed by atoms with Crippen molar-refractivity contribution in [3.05, 3.63) is 40.0 Å². The van der Waals surface area contributed by atoms with Crippen molar-refractivity contribution in [3.8, 4) is 0 Å². The molecule has 1 fully saturated rings. The fourth-order valence-corrected chi connectivity index (χ4v) is 3.22. The molecule has 1 aromatic carbocycles. The van der Waals surface area contributed by atoms with Crippen LogP contribution in [0.5, 0.6) is 0 Å². The van der Waals surface area contributed by atoms with E-state index in [4.69, 9.17) is 0 Å². The van der Waals surface area contributed by atoms with Gasteiger partial charge in [0.15, 0.2) is 0 Å². The van der Waals surface area contributed by atoms with Gasteiger partial charge >= 0.3 is 0 Å². The minimum absolute atomic E-state index is 0.810. The van der Waals surface area contributed by atoms with Gasteiger partial charge in [0.2, 0.25) is 0 Å². The molecule has 2 aliphatic carbocycles. The predicted molar refractivity (Wildman–Crippen MR) is 59.5 cm³/mol. The number of halogens is 1. The van der Waals surface area contributed by atoms with Gasteiger partial charge in [-0.3, -0.25) is 4.98 Å². The molecule has 1 aromatic heterocycles. The Labute approximate surface area is 90.3 Å². The van der Waals surface area contributed by atoms with Crippen molar-refractivity contribution in [2.75, 3.05) is 0 Å². The lowest BCUT2D eigenvalue weighted by Crippen LogP contribution is -1.86. The van der Waals surface area contributed by atoms with Gasteiger partial charge < -0.3 is 0 Å². The van der Waals surface area contributed by atoms with Gasteiger partial charge in [-0.05, 0) is 57.4 Å². The number of hydrogen-bond acceptors (Lipinski definition) is 1. The molecule has 0 bridgehead atoms. The SMILES string of the molecule is Brc1ccc2c3c(ccnc13)C1CC21. The third kappa shape index (κ3) is 0.706. The lowest BCUT2D eigenvalue weighted by molar-refractivity contribution is 1.10. The molecular formula is C12H8BrN. The van der Waals surface area contributed by atoms with Crippen molar-refractivity contribution in [1.82, 2.24) is 4.98 Å². The Morgan fingerprint density at radius 3 is 2.79 bits per heavy atom. The first-order valence-electron chi connectivity index (χ1n) is 4.93. The number of hydrogen-bond donors (Lipinski definition) is 0. The summed E-state index contributed by atoms with van der Waals surface area (Å²) in [5.74, 6) is 1.62. The smallest absolute Gasteiger partial charge is 0.0849 e. The minimum Gasteiger partial charge on any atom is -0.255 e. The molecule has 1 nitrogen and oxygen atoms in total. The van der Waals surface area contributed by atoms with Gasteiger partial charge in [0.1, 0.15) is 0 Å².